The number of aliphatic imine (C=N–C) groups is 1. The topological polar surface area (TPSA) is 56.9 Å². The Morgan fingerprint density at radius 1 is 1.04 bits per heavy atom. The average molecular weight is 369 g/mol. The second-order valence-corrected chi connectivity index (χ2v) is 7.00. The molecule has 5 nitrogen and oxygen atoms in total. The summed E-state index contributed by atoms with van der Waals surface area (Å²) in [5, 5.41) is 3.15. The fourth-order valence-corrected chi connectivity index (χ4v) is 3.20. The van der Waals surface area contributed by atoms with Crippen LogP contribution in [0.2, 0.25) is 0 Å². The molecule has 1 fully saturated rings. The Morgan fingerprint density at radius 3 is 2.41 bits per heavy atom. The van der Waals surface area contributed by atoms with E-state index in [2.05, 4.69) is 46.1 Å². The van der Waals surface area contributed by atoms with Crippen molar-refractivity contribution in [1.82, 2.24) is 4.90 Å². The Morgan fingerprint density at radius 2 is 1.74 bits per heavy atom. The van der Waals surface area contributed by atoms with Gasteiger partial charge in [-0.2, -0.15) is 0 Å². The lowest BCUT2D eigenvalue weighted by Gasteiger charge is -2.35. The molecule has 0 amide bonds. The Balaban J connectivity index is 1.42. The van der Waals surface area contributed by atoms with Crippen LogP contribution >= 0.6 is 0 Å². The number of piperazine rings is 1. The van der Waals surface area contributed by atoms with Gasteiger partial charge < -0.3 is 16.0 Å². The van der Waals surface area contributed by atoms with E-state index < -0.39 is 0 Å². The molecule has 0 saturated carbocycles. The predicted molar refractivity (Wildman–Crippen MR) is 111 cm³/mol. The fourth-order valence-electron chi connectivity index (χ4n) is 3.20. The SMILES string of the molecule is Cc1ccc(NC(N)=NCCN2CCN(c3ccc(F)cc3)CC2)cc1C. The highest BCUT2D eigenvalue weighted by molar-refractivity contribution is 5.92. The predicted octanol–water partition coefficient (Wildman–Crippen LogP) is 2.99. The molecule has 0 unspecified atom stereocenters. The minimum atomic E-state index is -0.192. The molecular weight excluding hydrogens is 341 g/mol. The quantitative estimate of drug-likeness (QED) is 0.628. The van der Waals surface area contributed by atoms with Crippen molar-refractivity contribution in [2.24, 2.45) is 10.7 Å². The molecule has 1 aliphatic heterocycles. The number of aryl methyl sites for hydroxylation is 2. The Bertz CT molecular complexity index is 780. The van der Waals surface area contributed by atoms with E-state index in [4.69, 9.17) is 5.73 Å². The number of rotatable bonds is 5. The van der Waals surface area contributed by atoms with E-state index in [1.165, 1.54) is 23.3 Å². The molecule has 2 aromatic rings. The smallest absolute Gasteiger partial charge is 0.193 e. The van der Waals surface area contributed by atoms with Crippen molar-refractivity contribution in [2.45, 2.75) is 13.8 Å². The first kappa shape index (κ1) is 19.2. The van der Waals surface area contributed by atoms with Gasteiger partial charge in [0.05, 0.1) is 6.54 Å². The van der Waals surface area contributed by atoms with Gasteiger partial charge >= 0.3 is 0 Å². The molecule has 0 bridgehead atoms. The standard InChI is InChI=1S/C21H28FN5/c1-16-3-6-19(15-17(16)2)25-21(23)24-9-10-26-11-13-27(14-12-26)20-7-4-18(22)5-8-20/h3-8,15H,9-14H2,1-2H3,(H3,23,24,25). The second kappa shape index (κ2) is 8.86. The first-order valence-corrected chi connectivity index (χ1v) is 9.38. The molecule has 0 aromatic heterocycles. The van der Waals surface area contributed by atoms with E-state index in [0.29, 0.717) is 12.5 Å². The van der Waals surface area contributed by atoms with E-state index in [1.54, 1.807) is 0 Å². The van der Waals surface area contributed by atoms with Gasteiger partial charge in [-0.05, 0) is 61.4 Å². The summed E-state index contributed by atoms with van der Waals surface area (Å²) in [5.41, 5.74) is 10.5. The van der Waals surface area contributed by atoms with Crippen molar-refractivity contribution in [3.63, 3.8) is 0 Å². The summed E-state index contributed by atoms with van der Waals surface area (Å²) in [6, 6.07) is 12.9. The molecule has 3 N–H and O–H groups in total. The Hall–Kier alpha value is -2.60. The molecule has 0 spiro atoms. The van der Waals surface area contributed by atoms with Gasteiger partial charge in [0.25, 0.3) is 0 Å². The van der Waals surface area contributed by atoms with E-state index in [-0.39, 0.29) is 5.82 Å². The van der Waals surface area contributed by atoms with Crippen molar-refractivity contribution >= 4 is 17.3 Å². The van der Waals surface area contributed by atoms with Crippen LogP contribution in [-0.4, -0.2) is 50.1 Å². The molecule has 2 aromatic carbocycles. The van der Waals surface area contributed by atoms with Crippen LogP contribution in [0.25, 0.3) is 0 Å². The number of nitrogens with two attached hydrogens (primary N) is 1. The largest absolute Gasteiger partial charge is 0.370 e. The monoisotopic (exact) mass is 369 g/mol. The van der Waals surface area contributed by atoms with Crippen LogP contribution < -0.4 is 16.0 Å². The molecule has 27 heavy (non-hydrogen) atoms. The van der Waals surface area contributed by atoms with Crippen molar-refractivity contribution in [3.05, 3.63) is 59.4 Å². The van der Waals surface area contributed by atoms with Crippen molar-refractivity contribution < 1.29 is 4.39 Å². The van der Waals surface area contributed by atoms with Crippen LogP contribution in [0.4, 0.5) is 15.8 Å². The number of nitrogens with zero attached hydrogens (tertiary/aromatic N) is 3. The third kappa shape index (κ3) is 5.44. The van der Waals surface area contributed by atoms with Gasteiger partial charge in [-0.3, -0.25) is 9.89 Å². The first-order chi connectivity index (χ1) is 13.0. The molecule has 0 atom stereocenters. The first-order valence-electron chi connectivity index (χ1n) is 9.38. The average Bonchev–Trinajstić information content (AvgIpc) is 2.66. The normalized spacial score (nSPS) is 15.8. The van der Waals surface area contributed by atoms with Crippen LogP contribution in [-0.2, 0) is 0 Å². The molecule has 6 heteroatoms. The molecular formula is C21H28FN5. The number of anilines is 2. The van der Waals surface area contributed by atoms with Gasteiger partial charge in [0.1, 0.15) is 5.82 Å². The summed E-state index contributed by atoms with van der Waals surface area (Å²) in [6.07, 6.45) is 0. The minimum absolute atomic E-state index is 0.192. The molecule has 0 aliphatic carbocycles. The van der Waals surface area contributed by atoms with E-state index >= 15 is 0 Å². The Kier molecular flexibility index (Phi) is 6.29. The molecule has 144 valence electrons. The van der Waals surface area contributed by atoms with Crippen molar-refractivity contribution in [2.75, 3.05) is 49.5 Å². The summed E-state index contributed by atoms with van der Waals surface area (Å²) >= 11 is 0. The number of hydrogen-bond donors (Lipinski definition) is 2. The number of benzene rings is 2. The van der Waals surface area contributed by atoms with Crippen LogP contribution in [0.15, 0.2) is 47.5 Å². The minimum Gasteiger partial charge on any atom is -0.370 e. The van der Waals surface area contributed by atoms with Gasteiger partial charge in [0, 0.05) is 44.1 Å². The lowest BCUT2D eigenvalue weighted by molar-refractivity contribution is 0.265. The summed E-state index contributed by atoms with van der Waals surface area (Å²) < 4.78 is 13.0. The van der Waals surface area contributed by atoms with Crippen LogP contribution in [0.1, 0.15) is 11.1 Å². The van der Waals surface area contributed by atoms with Crippen LogP contribution in [0.3, 0.4) is 0 Å². The van der Waals surface area contributed by atoms with Gasteiger partial charge in [0.2, 0.25) is 0 Å². The van der Waals surface area contributed by atoms with Gasteiger partial charge in [-0.25, -0.2) is 4.39 Å². The molecule has 3 rings (SSSR count). The van der Waals surface area contributed by atoms with Crippen LogP contribution in [0, 0.1) is 19.7 Å². The maximum Gasteiger partial charge on any atom is 0.193 e. The molecule has 1 saturated heterocycles. The molecule has 1 heterocycles. The summed E-state index contributed by atoms with van der Waals surface area (Å²) in [5.74, 6) is 0.255. The van der Waals surface area contributed by atoms with Gasteiger partial charge in [0.15, 0.2) is 5.96 Å². The maximum atomic E-state index is 13.0. The molecule has 1 aliphatic rings. The number of nitrogens with one attached hydrogen (secondary N) is 1. The lowest BCUT2D eigenvalue weighted by atomic mass is 10.1. The summed E-state index contributed by atoms with van der Waals surface area (Å²) in [6.45, 7) is 9.53. The highest BCUT2D eigenvalue weighted by Crippen LogP contribution is 2.17. The number of guanidine groups is 1. The zero-order valence-electron chi connectivity index (χ0n) is 16.1. The van der Waals surface area contributed by atoms with E-state index in [0.717, 1.165) is 44.1 Å². The summed E-state index contributed by atoms with van der Waals surface area (Å²) in [7, 11) is 0. The zero-order valence-corrected chi connectivity index (χ0v) is 16.1. The summed E-state index contributed by atoms with van der Waals surface area (Å²) in [4.78, 5) is 9.11. The highest BCUT2D eigenvalue weighted by Gasteiger charge is 2.16. The van der Waals surface area contributed by atoms with Crippen LogP contribution in [0.5, 0.6) is 0 Å². The highest BCUT2D eigenvalue weighted by atomic mass is 19.1. The second-order valence-electron chi connectivity index (χ2n) is 7.00. The lowest BCUT2D eigenvalue weighted by Crippen LogP contribution is -2.47. The Labute approximate surface area is 160 Å². The van der Waals surface area contributed by atoms with Gasteiger partial charge in [-0.15, -0.1) is 0 Å². The van der Waals surface area contributed by atoms with Crippen molar-refractivity contribution in [3.8, 4) is 0 Å². The third-order valence-electron chi connectivity index (χ3n) is 5.04. The molecule has 0 radical (unpaired) electrons. The van der Waals surface area contributed by atoms with E-state index in [1.807, 2.05) is 18.2 Å². The number of halogens is 1. The van der Waals surface area contributed by atoms with Crippen molar-refractivity contribution in [1.29, 1.82) is 0 Å². The zero-order chi connectivity index (χ0) is 19.2. The van der Waals surface area contributed by atoms with Gasteiger partial charge in [-0.1, -0.05) is 6.07 Å². The maximum absolute atomic E-state index is 13.0. The fraction of sp³-hybridized carbons (Fsp3) is 0.381. The van der Waals surface area contributed by atoms with E-state index in [9.17, 15) is 4.39 Å². The third-order valence-corrected chi connectivity index (χ3v) is 5.04. The number of hydrogen-bond acceptors (Lipinski definition) is 3.